The van der Waals surface area contributed by atoms with Crippen LogP contribution in [0, 0.1) is 13.8 Å². The Hall–Kier alpha value is -3.20. The zero-order chi connectivity index (χ0) is 17.0. The minimum Gasteiger partial charge on any atom is -0.453 e. The normalized spacial score (nSPS) is 12.2. The van der Waals surface area contributed by atoms with Gasteiger partial charge in [-0.25, -0.2) is 0 Å². The van der Waals surface area contributed by atoms with Crippen LogP contribution in [0.1, 0.15) is 11.1 Å². The van der Waals surface area contributed by atoms with E-state index in [1.54, 1.807) is 0 Å². The van der Waals surface area contributed by atoms with Crippen molar-refractivity contribution in [3.05, 3.63) is 78.0 Å². The van der Waals surface area contributed by atoms with E-state index in [1.165, 1.54) is 27.7 Å². The monoisotopic (exact) mass is 326 g/mol. The average Bonchev–Trinajstić information content (AvgIpc) is 2.95. The van der Waals surface area contributed by atoms with Crippen molar-refractivity contribution in [3.63, 3.8) is 0 Å². The molecule has 1 aliphatic heterocycles. The molecule has 0 amide bonds. The second-order valence-electron chi connectivity index (χ2n) is 6.61. The zero-order valence-electron chi connectivity index (χ0n) is 14.2. The van der Waals surface area contributed by atoms with Crippen LogP contribution in [0.3, 0.4) is 0 Å². The highest BCUT2D eigenvalue weighted by molar-refractivity contribution is 5.93. The van der Waals surface area contributed by atoms with E-state index in [0.29, 0.717) is 0 Å². The number of nitrogens with one attached hydrogen (secondary N) is 1. The smallest absolute Gasteiger partial charge is 0.151 e. The summed E-state index contributed by atoms with van der Waals surface area (Å²) >= 11 is 0. The molecule has 0 fully saturated rings. The van der Waals surface area contributed by atoms with Crippen LogP contribution >= 0.6 is 0 Å². The Kier molecular flexibility index (Phi) is 2.92. The summed E-state index contributed by atoms with van der Waals surface area (Å²) in [6.45, 7) is 4.25. The molecule has 0 saturated carbocycles. The van der Waals surface area contributed by atoms with Crippen molar-refractivity contribution < 1.29 is 4.74 Å². The first-order valence-electron chi connectivity index (χ1n) is 8.46. The van der Waals surface area contributed by atoms with Gasteiger partial charge in [0.25, 0.3) is 0 Å². The van der Waals surface area contributed by atoms with Gasteiger partial charge in [-0.15, -0.1) is 0 Å². The number of fused-ring (bicyclic) bond motifs is 3. The molecular formula is C22H18N2O. The minimum absolute atomic E-state index is 0.866. The molecule has 1 N–H and O–H groups in total. The van der Waals surface area contributed by atoms with Crippen LogP contribution < -0.4 is 10.1 Å². The Labute approximate surface area is 146 Å². The summed E-state index contributed by atoms with van der Waals surface area (Å²) in [5, 5.41) is 4.70. The molecule has 4 aromatic rings. The summed E-state index contributed by atoms with van der Waals surface area (Å²) in [7, 11) is 0. The van der Waals surface area contributed by atoms with Gasteiger partial charge in [0.05, 0.1) is 16.9 Å². The Morgan fingerprint density at radius 2 is 1.64 bits per heavy atom. The zero-order valence-corrected chi connectivity index (χ0v) is 14.2. The molecule has 25 heavy (non-hydrogen) atoms. The van der Waals surface area contributed by atoms with Crippen LogP contribution in [0.4, 0.5) is 11.4 Å². The number of anilines is 2. The van der Waals surface area contributed by atoms with Crippen LogP contribution in [-0.4, -0.2) is 4.57 Å². The van der Waals surface area contributed by atoms with Crippen LogP contribution in [-0.2, 0) is 0 Å². The number of benzene rings is 3. The molecule has 0 saturated heterocycles. The Morgan fingerprint density at radius 3 is 2.48 bits per heavy atom. The number of rotatable bonds is 1. The second kappa shape index (κ2) is 5.15. The van der Waals surface area contributed by atoms with E-state index in [2.05, 4.69) is 66.3 Å². The molecule has 3 nitrogen and oxygen atoms in total. The van der Waals surface area contributed by atoms with Gasteiger partial charge < -0.3 is 14.6 Å². The van der Waals surface area contributed by atoms with Gasteiger partial charge in [0.1, 0.15) is 0 Å². The summed E-state index contributed by atoms with van der Waals surface area (Å²) in [5.41, 5.74) is 6.84. The highest BCUT2D eigenvalue weighted by Gasteiger charge is 2.19. The van der Waals surface area contributed by atoms with Crippen LogP contribution in [0.2, 0.25) is 0 Å². The number of aryl methyl sites for hydroxylation is 2. The summed E-state index contributed by atoms with van der Waals surface area (Å²) in [5.74, 6) is 1.74. The van der Waals surface area contributed by atoms with E-state index >= 15 is 0 Å². The molecule has 3 heteroatoms. The van der Waals surface area contributed by atoms with E-state index in [1.807, 2.05) is 24.3 Å². The Bertz CT molecular complexity index is 1110. The minimum atomic E-state index is 0.866. The lowest BCUT2D eigenvalue weighted by Gasteiger charge is -2.22. The number of hydrogen-bond donors (Lipinski definition) is 1. The maximum atomic E-state index is 6.10. The fourth-order valence-electron chi connectivity index (χ4n) is 3.44. The van der Waals surface area contributed by atoms with Gasteiger partial charge in [-0.05, 0) is 55.8 Å². The second-order valence-corrected chi connectivity index (χ2v) is 6.61. The Morgan fingerprint density at radius 1 is 0.840 bits per heavy atom. The predicted octanol–water partition coefficient (Wildman–Crippen LogP) is 6.10. The summed E-state index contributed by atoms with van der Waals surface area (Å²) < 4.78 is 8.34. The van der Waals surface area contributed by atoms with Gasteiger partial charge in [-0.1, -0.05) is 29.8 Å². The lowest BCUT2D eigenvalue weighted by molar-refractivity contribution is 0.482. The van der Waals surface area contributed by atoms with Crippen molar-refractivity contribution in [2.45, 2.75) is 13.8 Å². The average molecular weight is 326 g/mol. The fraction of sp³-hybridized carbons (Fsp3) is 0.0909. The fourth-order valence-corrected chi connectivity index (χ4v) is 3.44. The quantitative estimate of drug-likeness (QED) is 0.403. The topological polar surface area (TPSA) is 26.2 Å². The van der Waals surface area contributed by atoms with Gasteiger partial charge >= 0.3 is 0 Å². The summed E-state index contributed by atoms with van der Waals surface area (Å²) in [4.78, 5) is 0. The van der Waals surface area contributed by atoms with Crippen molar-refractivity contribution in [1.82, 2.24) is 4.57 Å². The molecule has 0 bridgehead atoms. The van der Waals surface area contributed by atoms with Crippen LogP contribution in [0.15, 0.2) is 66.9 Å². The van der Waals surface area contributed by atoms with E-state index in [4.69, 9.17) is 4.74 Å². The first kappa shape index (κ1) is 14.2. The number of hydrogen-bond acceptors (Lipinski definition) is 2. The molecule has 122 valence electrons. The van der Waals surface area contributed by atoms with E-state index in [-0.39, 0.29) is 0 Å². The van der Waals surface area contributed by atoms with Gasteiger partial charge in [0, 0.05) is 17.3 Å². The molecule has 0 radical (unpaired) electrons. The van der Waals surface area contributed by atoms with E-state index in [9.17, 15) is 0 Å². The summed E-state index contributed by atoms with van der Waals surface area (Å²) in [6, 6.07) is 20.9. The third-order valence-corrected chi connectivity index (χ3v) is 4.79. The maximum Gasteiger partial charge on any atom is 0.151 e. The van der Waals surface area contributed by atoms with Crippen molar-refractivity contribution in [1.29, 1.82) is 0 Å². The molecule has 3 aromatic carbocycles. The Balaban J connectivity index is 1.70. The number of ether oxygens (including phenoxy) is 1. The van der Waals surface area contributed by atoms with Crippen molar-refractivity contribution in [3.8, 4) is 17.2 Å². The molecule has 1 aromatic heterocycles. The van der Waals surface area contributed by atoms with Gasteiger partial charge in [-0.3, -0.25) is 0 Å². The van der Waals surface area contributed by atoms with E-state index in [0.717, 1.165) is 22.9 Å². The third kappa shape index (κ3) is 2.20. The summed E-state index contributed by atoms with van der Waals surface area (Å²) in [6.07, 6.45) is 2.19. The van der Waals surface area contributed by atoms with Crippen LogP contribution in [0.5, 0.6) is 11.5 Å². The third-order valence-electron chi connectivity index (χ3n) is 4.79. The van der Waals surface area contributed by atoms with Gasteiger partial charge in [-0.2, -0.15) is 0 Å². The maximum absolute atomic E-state index is 6.10. The van der Waals surface area contributed by atoms with Gasteiger partial charge in [0.15, 0.2) is 11.5 Å². The van der Waals surface area contributed by atoms with E-state index < -0.39 is 0 Å². The number of nitrogens with zero attached hydrogens (tertiary/aromatic N) is 1. The lowest BCUT2D eigenvalue weighted by atomic mass is 10.1. The van der Waals surface area contributed by atoms with Crippen LogP contribution in [0.25, 0.3) is 16.6 Å². The first-order chi connectivity index (χ1) is 12.2. The molecule has 1 aliphatic rings. The molecule has 0 aliphatic carbocycles. The highest BCUT2D eigenvalue weighted by atomic mass is 16.5. The molecule has 0 spiro atoms. The van der Waals surface area contributed by atoms with Crippen molar-refractivity contribution in [2.24, 2.45) is 0 Å². The van der Waals surface area contributed by atoms with Gasteiger partial charge in [0.2, 0.25) is 0 Å². The molecular weight excluding hydrogens is 308 g/mol. The molecule has 0 unspecified atom stereocenters. The number of aromatic nitrogens is 1. The molecule has 0 atom stereocenters. The largest absolute Gasteiger partial charge is 0.453 e. The predicted molar refractivity (Wildman–Crippen MR) is 103 cm³/mol. The first-order valence-corrected chi connectivity index (χ1v) is 8.46. The molecule has 2 heterocycles. The SMILES string of the molecule is Cc1ccc(-n2cc(C)c3cc4c(cc32)Nc2ccccc2O4)cc1. The number of para-hydroxylation sites is 2. The lowest BCUT2D eigenvalue weighted by Crippen LogP contribution is -2.03. The standard InChI is InChI=1S/C22H18N2O/c1-14-7-9-16(10-8-14)24-13-15(2)17-11-22-19(12-20(17)24)23-18-5-3-4-6-21(18)25-22/h3-13,23H,1-2H3. The molecule has 5 rings (SSSR count). The van der Waals surface area contributed by atoms with Crippen molar-refractivity contribution in [2.75, 3.05) is 5.32 Å². The highest BCUT2D eigenvalue weighted by Crippen LogP contribution is 2.44. The van der Waals surface area contributed by atoms with Crippen molar-refractivity contribution >= 4 is 22.3 Å².